The molecule has 0 atom stereocenters. The Kier molecular flexibility index (Phi) is 5.72. The SMILES string of the molecule is Cc1ccc(C(=O)OCC(=O)NCC(F)(F)F)cc1S(N)(=O)=O. The smallest absolute Gasteiger partial charge is 0.405 e. The molecule has 1 aromatic carbocycles. The summed E-state index contributed by atoms with van der Waals surface area (Å²) in [5.74, 6) is -2.22. The molecule has 3 N–H and O–H groups in total. The maximum absolute atomic E-state index is 11.9. The second kappa shape index (κ2) is 6.96. The molecule has 0 spiro atoms. The van der Waals surface area contributed by atoms with Crippen LogP contribution in [0.1, 0.15) is 15.9 Å². The van der Waals surface area contributed by atoms with Crippen LogP contribution < -0.4 is 10.5 Å². The van der Waals surface area contributed by atoms with Gasteiger partial charge in [-0.25, -0.2) is 18.4 Å². The van der Waals surface area contributed by atoms with Gasteiger partial charge in [0, 0.05) is 0 Å². The van der Waals surface area contributed by atoms with Crippen molar-refractivity contribution in [2.45, 2.75) is 18.0 Å². The van der Waals surface area contributed by atoms with E-state index in [0.29, 0.717) is 5.56 Å². The fourth-order valence-corrected chi connectivity index (χ4v) is 2.31. The molecule has 0 aliphatic rings. The number of benzene rings is 1. The summed E-state index contributed by atoms with van der Waals surface area (Å²) >= 11 is 0. The van der Waals surface area contributed by atoms with E-state index in [1.807, 2.05) is 0 Å². The van der Waals surface area contributed by atoms with Gasteiger partial charge in [-0.15, -0.1) is 0 Å². The summed E-state index contributed by atoms with van der Waals surface area (Å²) in [4.78, 5) is 22.5. The Morgan fingerprint density at radius 1 is 1.30 bits per heavy atom. The summed E-state index contributed by atoms with van der Waals surface area (Å²) in [6.45, 7) is -1.03. The van der Waals surface area contributed by atoms with E-state index in [9.17, 15) is 31.2 Å². The van der Waals surface area contributed by atoms with E-state index in [2.05, 4.69) is 4.74 Å². The number of ether oxygens (including phenoxy) is 1. The van der Waals surface area contributed by atoms with Crippen LogP contribution in [0.2, 0.25) is 0 Å². The molecule has 0 unspecified atom stereocenters. The minimum atomic E-state index is -4.58. The molecule has 0 bridgehead atoms. The zero-order valence-electron chi connectivity index (χ0n) is 11.8. The predicted molar refractivity (Wildman–Crippen MR) is 71.9 cm³/mol. The van der Waals surface area contributed by atoms with Gasteiger partial charge in [0.1, 0.15) is 6.54 Å². The van der Waals surface area contributed by atoms with Gasteiger partial charge in [0.05, 0.1) is 10.5 Å². The highest BCUT2D eigenvalue weighted by Crippen LogP contribution is 2.16. The Morgan fingerprint density at radius 3 is 2.43 bits per heavy atom. The number of hydrogen-bond acceptors (Lipinski definition) is 5. The van der Waals surface area contributed by atoms with Crippen LogP contribution in [0.4, 0.5) is 13.2 Å². The van der Waals surface area contributed by atoms with Gasteiger partial charge in [0.2, 0.25) is 10.0 Å². The van der Waals surface area contributed by atoms with Gasteiger partial charge < -0.3 is 10.1 Å². The van der Waals surface area contributed by atoms with Crippen LogP contribution in [-0.2, 0) is 19.6 Å². The third-order valence-electron chi connectivity index (χ3n) is 2.55. The molecule has 1 rings (SSSR count). The molecule has 0 aromatic heterocycles. The highest BCUT2D eigenvalue weighted by atomic mass is 32.2. The molecular formula is C12H13F3N2O5S. The first-order valence-corrected chi connectivity index (χ1v) is 7.59. The summed E-state index contributed by atoms with van der Waals surface area (Å²) in [5.41, 5.74) is 0.0928. The van der Waals surface area contributed by atoms with Crippen molar-refractivity contribution >= 4 is 21.9 Å². The topological polar surface area (TPSA) is 116 Å². The van der Waals surface area contributed by atoms with Gasteiger partial charge in [-0.05, 0) is 24.6 Å². The Bertz CT molecular complexity index is 716. The fraction of sp³-hybridized carbons (Fsp3) is 0.333. The van der Waals surface area contributed by atoms with Gasteiger partial charge in [-0.1, -0.05) is 6.07 Å². The normalized spacial score (nSPS) is 11.9. The maximum atomic E-state index is 11.9. The molecule has 0 radical (unpaired) electrons. The average Bonchev–Trinajstić information content (AvgIpc) is 2.41. The Morgan fingerprint density at radius 2 is 1.91 bits per heavy atom. The van der Waals surface area contributed by atoms with E-state index in [0.717, 1.165) is 6.07 Å². The fourth-order valence-electron chi connectivity index (χ4n) is 1.50. The number of esters is 1. The Balaban J connectivity index is 2.71. The van der Waals surface area contributed by atoms with Crippen molar-refractivity contribution in [3.63, 3.8) is 0 Å². The van der Waals surface area contributed by atoms with Crippen LogP contribution in [-0.4, -0.2) is 39.6 Å². The van der Waals surface area contributed by atoms with Crippen molar-refractivity contribution in [1.29, 1.82) is 0 Å². The van der Waals surface area contributed by atoms with Crippen molar-refractivity contribution in [2.75, 3.05) is 13.2 Å². The largest absolute Gasteiger partial charge is 0.452 e. The number of sulfonamides is 1. The van der Waals surface area contributed by atoms with E-state index in [-0.39, 0.29) is 10.5 Å². The summed E-state index contributed by atoms with van der Waals surface area (Å²) in [6, 6.07) is 3.50. The van der Waals surface area contributed by atoms with E-state index in [4.69, 9.17) is 5.14 Å². The van der Waals surface area contributed by atoms with Crippen molar-refractivity contribution in [3.8, 4) is 0 Å². The van der Waals surface area contributed by atoms with Crippen LogP contribution in [0.3, 0.4) is 0 Å². The lowest BCUT2D eigenvalue weighted by Crippen LogP contribution is -2.36. The summed E-state index contributed by atoms with van der Waals surface area (Å²) < 4.78 is 62.8. The molecule has 7 nitrogen and oxygen atoms in total. The zero-order chi connectivity index (χ0) is 17.8. The number of alkyl halides is 3. The highest BCUT2D eigenvalue weighted by molar-refractivity contribution is 7.89. The van der Waals surface area contributed by atoms with E-state index in [1.165, 1.54) is 24.4 Å². The average molecular weight is 354 g/mol. The van der Waals surface area contributed by atoms with Crippen LogP contribution in [0.15, 0.2) is 23.1 Å². The van der Waals surface area contributed by atoms with Gasteiger partial charge in [0.25, 0.3) is 5.91 Å². The molecule has 1 amide bonds. The molecule has 23 heavy (non-hydrogen) atoms. The summed E-state index contributed by atoms with van der Waals surface area (Å²) in [5, 5.41) is 6.50. The van der Waals surface area contributed by atoms with Crippen molar-refractivity contribution in [3.05, 3.63) is 29.3 Å². The van der Waals surface area contributed by atoms with Crippen molar-refractivity contribution in [1.82, 2.24) is 5.32 Å². The lowest BCUT2D eigenvalue weighted by molar-refractivity contribution is -0.140. The monoisotopic (exact) mass is 354 g/mol. The molecule has 0 fully saturated rings. The Labute approximate surface area is 129 Å². The first-order valence-electron chi connectivity index (χ1n) is 6.04. The van der Waals surface area contributed by atoms with E-state index < -0.39 is 41.2 Å². The number of aryl methyl sites for hydroxylation is 1. The number of halogens is 3. The molecule has 0 saturated carbocycles. The summed E-state index contributed by atoms with van der Waals surface area (Å²) in [7, 11) is -4.06. The van der Waals surface area contributed by atoms with Gasteiger partial charge >= 0.3 is 12.1 Å². The molecule has 0 saturated heterocycles. The van der Waals surface area contributed by atoms with E-state index >= 15 is 0 Å². The molecule has 0 aliphatic heterocycles. The third kappa shape index (κ3) is 6.24. The molecule has 0 heterocycles. The lowest BCUT2D eigenvalue weighted by atomic mass is 10.1. The zero-order valence-corrected chi connectivity index (χ0v) is 12.6. The molecule has 0 aliphatic carbocycles. The third-order valence-corrected chi connectivity index (χ3v) is 3.60. The van der Waals surface area contributed by atoms with Crippen LogP contribution in [0.25, 0.3) is 0 Å². The molecule has 128 valence electrons. The number of nitrogens with one attached hydrogen (secondary N) is 1. The number of primary sulfonamides is 1. The van der Waals surface area contributed by atoms with Crippen molar-refractivity contribution in [2.24, 2.45) is 5.14 Å². The second-order valence-electron chi connectivity index (χ2n) is 4.49. The molecule has 1 aromatic rings. The number of amides is 1. The van der Waals surface area contributed by atoms with Gasteiger partial charge in [-0.3, -0.25) is 4.79 Å². The number of carbonyl (C=O) groups excluding carboxylic acids is 2. The van der Waals surface area contributed by atoms with Crippen molar-refractivity contribution < 1.29 is 35.9 Å². The van der Waals surface area contributed by atoms with Crippen LogP contribution in [0.5, 0.6) is 0 Å². The molecule has 11 heteroatoms. The molecular weight excluding hydrogens is 341 g/mol. The van der Waals surface area contributed by atoms with E-state index in [1.54, 1.807) is 0 Å². The first-order chi connectivity index (χ1) is 10.4. The number of nitrogens with two attached hydrogens (primary N) is 1. The standard InChI is InChI=1S/C12H13F3N2O5S/c1-7-2-3-8(4-9(7)23(16,20)21)11(19)22-5-10(18)17-6-12(13,14)15/h2-4H,5-6H2,1H3,(H,17,18)(H2,16,20,21). The Hall–Kier alpha value is -2.14. The van der Waals surface area contributed by atoms with Gasteiger partial charge in [-0.2, -0.15) is 13.2 Å². The van der Waals surface area contributed by atoms with Crippen LogP contribution in [0, 0.1) is 6.92 Å². The summed E-state index contributed by atoms with van der Waals surface area (Å²) in [6.07, 6.45) is -4.58. The lowest BCUT2D eigenvalue weighted by Gasteiger charge is -2.09. The first kappa shape index (κ1) is 18.9. The second-order valence-corrected chi connectivity index (χ2v) is 6.02. The number of carbonyl (C=O) groups is 2. The predicted octanol–water partition coefficient (Wildman–Crippen LogP) is 0.478. The maximum Gasteiger partial charge on any atom is 0.405 e. The number of hydrogen-bond donors (Lipinski definition) is 2. The van der Waals surface area contributed by atoms with Crippen LogP contribution >= 0.6 is 0 Å². The number of rotatable bonds is 5. The minimum absolute atomic E-state index is 0.205. The minimum Gasteiger partial charge on any atom is -0.452 e. The quantitative estimate of drug-likeness (QED) is 0.746. The van der Waals surface area contributed by atoms with Gasteiger partial charge in [0.15, 0.2) is 6.61 Å². The highest BCUT2D eigenvalue weighted by Gasteiger charge is 2.27.